The maximum Gasteiger partial charge on any atom is 0.420 e. The van der Waals surface area contributed by atoms with Gasteiger partial charge in [0.2, 0.25) is 0 Å². The highest BCUT2D eigenvalue weighted by molar-refractivity contribution is 14.1. The number of non-ortho nitro benzene ring substituents is 1. The van der Waals surface area contributed by atoms with E-state index in [2.05, 4.69) is 10.3 Å². The summed E-state index contributed by atoms with van der Waals surface area (Å²) in [6.45, 7) is -0.554. The predicted molar refractivity (Wildman–Crippen MR) is 106 cm³/mol. The Morgan fingerprint density at radius 1 is 1.09 bits per heavy atom. The van der Waals surface area contributed by atoms with E-state index in [4.69, 9.17) is 10.00 Å². The Balaban J connectivity index is 1.91. The minimum Gasteiger partial charge on any atom is -0.486 e. The number of halogens is 7. The topological polar surface area (TPSA) is 107 Å². The van der Waals surface area contributed by atoms with E-state index in [1.54, 1.807) is 22.6 Å². The van der Waals surface area contributed by atoms with Gasteiger partial charge in [-0.05, 0) is 46.9 Å². The van der Waals surface area contributed by atoms with Crippen LogP contribution in [-0.4, -0.2) is 19.9 Å². The molecule has 172 valence electrons. The van der Waals surface area contributed by atoms with Crippen LogP contribution in [0.3, 0.4) is 0 Å². The van der Waals surface area contributed by atoms with Crippen molar-refractivity contribution in [3.63, 3.8) is 0 Å². The van der Waals surface area contributed by atoms with Gasteiger partial charge in [0.05, 0.1) is 27.8 Å². The van der Waals surface area contributed by atoms with E-state index >= 15 is 0 Å². The molecule has 0 radical (unpaired) electrons. The zero-order chi connectivity index (χ0) is 24.6. The van der Waals surface area contributed by atoms with Gasteiger partial charge >= 0.3 is 12.4 Å². The number of benzene rings is 2. The summed E-state index contributed by atoms with van der Waals surface area (Å²) >= 11 is 1.67. The molecule has 0 unspecified atom stereocenters. The first-order valence-corrected chi connectivity index (χ1v) is 9.61. The third-order valence-corrected chi connectivity index (χ3v) is 5.28. The number of nitro groups is 1. The molecule has 1 heterocycles. The molecule has 0 fully saturated rings. The summed E-state index contributed by atoms with van der Waals surface area (Å²) in [7, 11) is 0. The van der Waals surface area contributed by atoms with Crippen LogP contribution >= 0.6 is 22.6 Å². The summed E-state index contributed by atoms with van der Waals surface area (Å²) in [6.07, 6.45) is -9.74. The molecule has 0 N–H and O–H groups in total. The monoisotopic (exact) mass is 583 g/mol. The van der Waals surface area contributed by atoms with Crippen LogP contribution in [0, 0.1) is 25.1 Å². The average molecular weight is 583 g/mol. The molecule has 33 heavy (non-hydrogen) atoms. The lowest BCUT2D eigenvalue weighted by molar-refractivity contribution is -0.385. The summed E-state index contributed by atoms with van der Waals surface area (Å²) in [5.41, 5.74) is -4.02. The summed E-state index contributed by atoms with van der Waals surface area (Å²) < 4.78 is 85.7. The Labute approximate surface area is 193 Å². The Hall–Kier alpha value is -3.42. The minimum atomic E-state index is -4.94. The second-order valence-corrected chi connectivity index (χ2v) is 7.32. The highest BCUT2D eigenvalue weighted by atomic mass is 127. The Morgan fingerprint density at radius 2 is 1.76 bits per heavy atom. The van der Waals surface area contributed by atoms with Gasteiger partial charge in [-0.25, -0.2) is 4.68 Å². The standard InChI is InChI=1S/C18H8F6IN5O3/c19-17(20,21)12-5-10(2-1-9(12)7-26)29-16(25)14(27-28-29)8-33-15-4-3-11(30(31)32)6-13(15)18(22,23)24/h1-6H,8H2. The average Bonchev–Trinajstić information content (AvgIpc) is 3.10. The SMILES string of the molecule is N#Cc1ccc(-n2nnc(COc3ccc([N+](=O)[O-])cc3C(F)(F)F)c2I)cc1C(F)(F)F. The van der Waals surface area contributed by atoms with Crippen molar-refractivity contribution in [3.05, 3.63) is 72.6 Å². The summed E-state index contributed by atoms with van der Waals surface area (Å²) in [4.78, 5) is 9.78. The molecule has 0 aliphatic carbocycles. The van der Waals surface area contributed by atoms with Crippen molar-refractivity contribution in [1.82, 2.24) is 15.0 Å². The van der Waals surface area contributed by atoms with Crippen molar-refractivity contribution in [2.24, 2.45) is 0 Å². The molecule has 0 spiro atoms. The van der Waals surface area contributed by atoms with E-state index in [9.17, 15) is 36.5 Å². The van der Waals surface area contributed by atoms with Crippen molar-refractivity contribution in [3.8, 4) is 17.5 Å². The number of alkyl halides is 6. The van der Waals surface area contributed by atoms with E-state index in [1.165, 1.54) is 12.1 Å². The molecule has 15 heteroatoms. The highest BCUT2D eigenvalue weighted by Crippen LogP contribution is 2.39. The van der Waals surface area contributed by atoms with E-state index in [-0.39, 0.29) is 15.1 Å². The van der Waals surface area contributed by atoms with Gasteiger partial charge in [-0.1, -0.05) is 5.21 Å². The third-order valence-electron chi connectivity index (χ3n) is 4.20. The van der Waals surface area contributed by atoms with Crippen molar-refractivity contribution in [2.45, 2.75) is 19.0 Å². The smallest absolute Gasteiger partial charge is 0.420 e. The van der Waals surface area contributed by atoms with Gasteiger partial charge in [0, 0.05) is 12.1 Å². The van der Waals surface area contributed by atoms with Crippen LogP contribution < -0.4 is 4.74 Å². The number of ether oxygens (including phenoxy) is 1. The van der Waals surface area contributed by atoms with E-state index in [0.717, 1.165) is 22.9 Å². The van der Waals surface area contributed by atoms with Gasteiger partial charge in [0.15, 0.2) is 0 Å². The Kier molecular flexibility index (Phi) is 6.49. The van der Waals surface area contributed by atoms with Crippen LogP contribution in [0.25, 0.3) is 5.69 Å². The number of rotatable bonds is 5. The fourth-order valence-electron chi connectivity index (χ4n) is 2.68. The second-order valence-electron chi connectivity index (χ2n) is 6.30. The summed E-state index contributed by atoms with van der Waals surface area (Å²) in [5, 5.41) is 27.1. The van der Waals surface area contributed by atoms with Gasteiger partial charge in [0.25, 0.3) is 5.69 Å². The normalized spacial score (nSPS) is 11.8. The quantitative estimate of drug-likeness (QED) is 0.176. The van der Waals surface area contributed by atoms with Gasteiger partial charge < -0.3 is 4.74 Å². The fraction of sp³-hybridized carbons (Fsp3) is 0.167. The molecule has 0 atom stereocenters. The van der Waals surface area contributed by atoms with Gasteiger partial charge in [-0.15, -0.1) is 5.10 Å². The van der Waals surface area contributed by atoms with Crippen LogP contribution in [0.4, 0.5) is 32.0 Å². The first-order valence-electron chi connectivity index (χ1n) is 8.53. The summed E-state index contributed by atoms with van der Waals surface area (Å²) in [5.74, 6) is -0.698. The maximum absolute atomic E-state index is 13.3. The number of nitro benzene ring substituents is 1. The molecule has 3 aromatic rings. The van der Waals surface area contributed by atoms with Gasteiger partial charge in [-0.2, -0.15) is 31.6 Å². The first-order chi connectivity index (χ1) is 15.3. The zero-order valence-corrected chi connectivity index (χ0v) is 17.9. The number of aromatic nitrogens is 3. The number of hydrogen-bond donors (Lipinski definition) is 0. The predicted octanol–water partition coefficient (Wildman–Crippen LogP) is 5.27. The van der Waals surface area contributed by atoms with Gasteiger partial charge in [0.1, 0.15) is 27.3 Å². The van der Waals surface area contributed by atoms with Gasteiger partial charge in [-0.3, -0.25) is 10.1 Å². The Morgan fingerprint density at radius 3 is 2.33 bits per heavy atom. The zero-order valence-electron chi connectivity index (χ0n) is 15.8. The summed E-state index contributed by atoms with van der Waals surface area (Å²) in [6, 6.07) is 6.24. The molecule has 0 bridgehead atoms. The number of nitriles is 1. The molecule has 1 aromatic heterocycles. The molecule has 0 saturated carbocycles. The van der Waals surface area contributed by atoms with Crippen LogP contribution in [0.1, 0.15) is 22.4 Å². The number of hydrogen-bond acceptors (Lipinski definition) is 6. The van der Waals surface area contributed by atoms with Crippen molar-refractivity contribution in [1.29, 1.82) is 5.26 Å². The lowest BCUT2D eigenvalue weighted by atomic mass is 10.1. The molecule has 0 aliphatic rings. The minimum absolute atomic E-state index is 0.00000402. The van der Waals surface area contributed by atoms with E-state index < -0.39 is 52.0 Å². The lowest BCUT2D eigenvalue weighted by Gasteiger charge is -2.13. The Bertz CT molecular complexity index is 1270. The van der Waals surface area contributed by atoms with Crippen molar-refractivity contribution >= 4 is 28.3 Å². The molecule has 8 nitrogen and oxygen atoms in total. The second kappa shape index (κ2) is 8.84. The molecule has 0 aliphatic heterocycles. The first kappa shape index (κ1) is 24.2. The van der Waals surface area contributed by atoms with Crippen LogP contribution in [0.15, 0.2) is 36.4 Å². The number of nitrogens with zero attached hydrogens (tertiary/aromatic N) is 5. The molecule has 0 saturated heterocycles. The fourth-order valence-corrected chi connectivity index (χ4v) is 3.31. The maximum atomic E-state index is 13.3. The van der Waals surface area contributed by atoms with E-state index in [1.807, 2.05) is 0 Å². The molecule has 2 aromatic carbocycles. The molecule has 0 amide bonds. The van der Waals surface area contributed by atoms with Crippen molar-refractivity contribution < 1.29 is 36.0 Å². The molecular formula is C18H8F6IN5O3. The van der Waals surface area contributed by atoms with Crippen LogP contribution in [0.2, 0.25) is 0 Å². The largest absolute Gasteiger partial charge is 0.486 e. The molecular weight excluding hydrogens is 575 g/mol. The van der Waals surface area contributed by atoms with E-state index in [0.29, 0.717) is 12.1 Å². The molecule has 3 rings (SSSR count). The third kappa shape index (κ3) is 5.16. The van der Waals surface area contributed by atoms with Crippen LogP contribution in [0.5, 0.6) is 5.75 Å². The van der Waals surface area contributed by atoms with Crippen LogP contribution in [-0.2, 0) is 19.0 Å². The van der Waals surface area contributed by atoms with Crippen molar-refractivity contribution in [2.75, 3.05) is 0 Å². The lowest BCUT2D eigenvalue weighted by Crippen LogP contribution is -2.11. The highest BCUT2D eigenvalue weighted by Gasteiger charge is 2.36.